The molecule has 6 rings (SSSR count). The molecule has 3 aliphatic heterocycles. The van der Waals surface area contributed by atoms with E-state index in [4.69, 9.17) is 0 Å². The zero-order valence-corrected chi connectivity index (χ0v) is 18.2. The molecule has 0 bridgehead atoms. The molecular formula is C26H20N2O3S. The van der Waals surface area contributed by atoms with Gasteiger partial charge in [-0.3, -0.25) is 14.4 Å². The van der Waals surface area contributed by atoms with Crippen molar-refractivity contribution >= 4 is 40.7 Å². The van der Waals surface area contributed by atoms with Crippen LogP contribution in [0.15, 0.2) is 72.2 Å². The largest absolute Gasteiger partial charge is 0.358 e. The van der Waals surface area contributed by atoms with Crippen molar-refractivity contribution in [3.05, 3.63) is 93.8 Å². The topological polar surface area (TPSA) is 57.7 Å². The molecule has 0 aliphatic carbocycles. The summed E-state index contributed by atoms with van der Waals surface area (Å²) in [5.74, 6) is -1.96. The number of anilines is 1. The Hall–Kier alpha value is -3.51. The highest BCUT2D eigenvalue weighted by Crippen LogP contribution is 2.53. The molecule has 4 unspecified atom stereocenters. The van der Waals surface area contributed by atoms with Crippen LogP contribution < -0.4 is 4.90 Å². The van der Waals surface area contributed by atoms with Crippen molar-refractivity contribution in [2.45, 2.75) is 19.0 Å². The van der Waals surface area contributed by atoms with Gasteiger partial charge in [0, 0.05) is 6.20 Å². The molecule has 2 amide bonds. The average Bonchev–Trinajstić information content (AvgIpc) is 3.51. The summed E-state index contributed by atoms with van der Waals surface area (Å²) in [5.41, 5.74) is 3.62. The van der Waals surface area contributed by atoms with Gasteiger partial charge in [0.25, 0.3) is 0 Å². The smallest absolute Gasteiger partial charge is 0.240 e. The third-order valence-electron chi connectivity index (χ3n) is 6.79. The summed E-state index contributed by atoms with van der Waals surface area (Å²) in [5, 5.41) is 1.86. The van der Waals surface area contributed by atoms with Crippen molar-refractivity contribution in [1.29, 1.82) is 0 Å². The lowest BCUT2D eigenvalue weighted by Gasteiger charge is -2.35. The van der Waals surface area contributed by atoms with Crippen LogP contribution in [-0.2, 0) is 9.59 Å². The summed E-state index contributed by atoms with van der Waals surface area (Å²) in [6, 6.07) is 17.9. The molecule has 6 heteroatoms. The van der Waals surface area contributed by atoms with Crippen molar-refractivity contribution in [2.75, 3.05) is 4.90 Å². The van der Waals surface area contributed by atoms with E-state index in [1.54, 1.807) is 18.2 Å². The van der Waals surface area contributed by atoms with Gasteiger partial charge >= 0.3 is 0 Å². The van der Waals surface area contributed by atoms with Gasteiger partial charge in [0.2, 0.25) is 11.8 Å². The summed E-state index contributed by atoms with van der Waals surface area (Å²) in [6.45, 7) is 1.96. The second-order valence-corrected chi connectivity index (χ2v) is 9.47. The van der Waals surface area contributed by atoms with E-state index in [9.17, 15) is 14.4 Å². The van der Waals surface area contributed by atoms with Gasteiger partial charge in [-0.2, -0.15) is 0 Å². The van der Waals surface area contributed by atoms with Crippen molar-refractivity contribution < 1.29 is 14.4 Å². The fourth-order valence-corrected chi connectivity index (χ4v) is 6.07. The summed E-state index contributed by atoms with van der Waals surface area (Å²) in [7, 11) is 0. The molecule has 4 heterocycles. The number of Topliss-reactive ketones (excluding diaryl/α,β-unsaturated/α-hetero) is 1. The van der Waals surface area contributed by atoms with Crippen LogP contribution in [0, 0.1) is 18.8 Å². The van der Waals surface area contributed by atoms with Crippen LogP contribution in [0.1, 0.15) is 32.4 Å². The molecule has 2 saturated heterocycles. The maximum Gasteiger partial charge on any atom is 0.240 e. The molecule has 0 saturated carbocycles. The normalized spacial score (nSPS) is 25.7. The Labute approximate surface area is 189 Å². The number of imide groups is 1. The van der Waals surface area contributed by atoms with Crippen LogP contribution in [0.25, 0.3) is 6.08 Å². The number of ketones is 1. The monoisotopic (exact) mass is 440 g/mol. The third kappa shape index (κ3) is 2.59. The summed E-state index contributed by atoms with van der Waals surface area (Å²) >= 11 is 1.37. The van der Waals surface area contributed by atoms with Crippen LogP contribution >= 0.6 is 11.3 Å². The number of carbonyl (C=O) groups excluding carboxylic acids is 3. The number of thiophene rings is 1. The van der Waals surface area contributed by atoms with E-state index in [1.165, 1.54) is 16.2 Å². The number of hydrogen-bond donors (Lipinski definition) is 0. The predicted molar refractivity (Wildman–Crippen MR) is 123 cm³/mol. The Morgan fingerprint density at radius 1 is 0.906 bits per heavy atom. The fourth-order valence-electron chi connectivity index (χ4n) is 5.37. The van der Waals surface area contributed by atoms with Crippen molar-refractivity contribution in [3.8, 4) is 0 Å². The molecule has 1 aromatic heterocycles. The Morgan fingerprint density at radius 3 is 2.41 bits per heavy atom. The molecule has 5 nitrogen and oxygen atoms in total. The van der Waals surface area contributed by atoms with E-state index in [0.29, 0.717) is 10.6 Å². The molecular weight excluding hydrogens is 420 g/mol. The molecule has 2 fully saturated rings. The second-order valence-electron chi connectivity index (χ2n) is 8.52. The van der Waals surface area contributed by atoms with E-state index in [-0.39, 0.29) is 23.6 Å². The van der Waals surface area contributed by atoms with Crippen LogP contribution in [0.4, 0.5) is 5.69 Å². The van der Waals surface area contributed by atoms with Crippen LogP contribution in [0.5, 0.6) is 0 Å². The first kappa shape index (κ1) is 19.2. The molecule has 32 heavy (non-hydrogen) atoms. The molecule has 3 aromatic rings. The van der Waals surface area contributed by atoms with Gasteiger partial charge in [-0.25, -0.2) is 4.90 Å². The molecule has 0 N–H and O–H groups in total. The predicted octanol–water partition coefficient (Wildman–Crippen LogP) is 4.45. The summed E-state index contributed by atoms with van der Waals surface area (Å²) in [6.07, 6.45) is 3.85. The highest BCUT2D eigenvalue weighted by Gasteiger charge is 2.64. The van der Waals surface area contributed by atoms with Gasteiger partial charge in [0.1, 0.15) is 6.04 Å². The van der Waals surface area contributed by atoms with E-state index in [0.717, 1.165) is 16.7 Å². The molecule has 4 atom stereocenters. The standard InChI is InChI=1S/C26H20N2O3S/c1-15-8-10-17(11-9-15)28-25(30)20-21(26(28)31)23(24(29)19-7-4-14-32-19)27-13-12-16-5-2-3-6-18(16)22(20)27/h2-14,20-23H,1H3. The van der Waals surface area contributed by atoms with Crippen molar-refractivity contribution in [2.24, 2.45) is 11.8 Å². The van der Waals surface area contributed by atoms with Crippen LogP contribution in [-0.4, -0.2) is 28.5 Å². The van der Waals surface area contributed by atoms with E-state index in [2.05, 4.69) is 0 Å². The number of amides is 2. The highest BCUT2D eigenvalue weighted by molar-refractivity contribution is 7.12. The van der Waals surface area contributed by atoms with Gasteiger partial charge < -0.3 is 4.90 Å². The maximum atomic E-state index is 13.7. The van der Waals surface area contributed by atoms with E-state index >= 15 is 0 Å². The van der Waals surface area contributed by atoms with Gasteiger partial charge in [0.05, 0.1) is 28.4 Å². The number of rotatable bonds is 3. The quantitative estimate of drug-likeness (QED) is 0.446. The van der Waals surface area contributed by atoms with Crippen LogP contribution in [0.3, 0.4) is 0 Å². The number of aryl methyl sites for hydroxylation is 1. The lowest BCUT2D eigenvalue weighted by atomic mass is 9.84. The lowest BCUT2D eigenvalue weighted by Crippen LogP contribution is -2.44. The highest BCUT2D eigenvalue weighted by atomic mass is 32.1. The zero-order chi connectivity index (χ0) is 22.0. The number of nitrogens with zero attached hydrogens (tertiary/aromatic N) is 2. The Kier molecular flexibility index (Phi) is 4.20. The lowest BCUT2D eigenvalue weighted by molar-refractivity contribution is -0.123. The first-order valence-corrected chi connectivity index (χ1v) is 11.5. The molecule has 0 spiro atoms. The second kappa shape index (κ2) is 7.00. The average molecular weight is 441 g/mol. The fraction of sp³-hybridized carbons (Fsp3) is 0.192. The number of hydrogen-bond acceptors (Lipinski definition) is 5. The van der Waals surface area contributed by atoms with Gasteiger partial charge in [-0.05, 0) is 47.7 Å². The zero-order valence-electron chi connectivity index (χ0n) is 17.3. The van der Waals surface area contributed by atoms with Gasteiger partial charge in [-0.1, -0.05) is 48.0 Å². The molecule has 3 aliphatic rings. The SMILES string of the molecule is Cc1ccc(N2C(=O)C3C(C2=O)C2c4ccccc4C=CN2C3C(=O)c2cccs2)cc1. The number of fused-ring (bicyclic) bond motifs is 5. The van der Waals surface area contributed by atoms with E-state index in [1.807, 2.05) is 71.9 Å². The summed E-state index contributed by atoms with van der Waals surface area (Å²) < 4.78 is 0. The Bertz CT molecular complexity index is 1280. The van der Waals surface area contributed by atoms with Crippen LogP contribution in [0.2, 0.25) is 0 Å². The Morgan fingerprint density at radius 2 is 1.66 bits per heavy atom. The minimum Gasteiger partial charge on any atom is -0.358 e. The molecule has 0 radical (unpaired) electrons. The summed E-state index contributed by atoms with van der Waals surface area (Å²) in [4.78, 5) is 44.9. The minimum atomic E-state index is -0.723. The first-order chi connectivity index (χ1) is 15.6. The van der Waals surface area contributed by atoms with E-state index < -0.39 is 17.9 Å². The molecule has 2 aromatic carbocycles. The first-order valence-electron chi connectivity index (χ1n) is 10.6. The Balaban J connectivity index is 1.50. The molecule has 158 valence electrons. The third-order valence-corrected chi connectivity index (χ3v) is 7.67. The van der Waals surface area contributed by atoms with Crippen molar-refractivity contribution in [1.82, 2.24) is 4.90 Å². The van der Waals surface area contributed by atoms with Crippen molar-refractivity contribution in [3.63, 3.8) is 0 Å². The maximum absolute atomic E-state index is 13.7. The van der Waals surface area contributed by atoms with Gasteiger partial charge in [-0.15, -0.1) is 11.3 Å². The number of carbonyl (C=O) groups is 3. The number of benzene rings is 2. The minimum absolute atomic E-state index is 0.103. The van der Waals surface area contributed by atoms with Gasteiger partial charge in [0.15, 0.2) is 5.78 Å².